The molecule has 264 valence electrons. The zero-order valence-electron chi connectivity index (χ0n) is 28.7. The molecule has 6 heterocycles. The Labute approximate surface area is 290 Å². The molecule has 2 fully saturated rings. The molecular weight excluding hydrogens is 642 g/mol. The summed E-state index contributed by atoms with van der Waals surface area (Å²) in [6.07, 6.45) is 7.36. The number of hydrogen-bond acceptors (Lipinski definition) is 8. The van der Waals surface area contributed by atoms with Crippen LogP contribution in [0.3, 0.4) is 0 Å². The van der Waals surface area contributed by atoms with Crippen molar-refractivity contribution in [2.24, 2.45) is 17.1 Å². The Hall–Kier alpha value is -4.65. The second-order valence-corrected chi connectivity index (χ2v) is 14.3. The summed E-state index contributed by atoms with van der Waals surface area (Å²) in [5, 5.41) is 3.00. The number of imidazole rings is 1. The van der Waals surface area contributed by atoms with E-state index in [4.69, 9.17) is 15.5 Å². The summed E-state index contributed by atoms with van der Waals surface area (Å²) in [5.74, 6) is -0.811. The van der Waals surface area contributed by atoms with Gasteiger partial charge in [0.15, 0.2) is 0 Å². The molecule has 3 aliphatic rings. The van der Waals surface area contributed by atoms with Gasteiger partial charge in [0.1, 0.15) is 11.6 Å². The molecule has 1 atom stereocenters. The SMILES string of the molecule is Cc1cc2cc(n1)-c1cnc(F)cc1OCCC[C@@H](C)Cn1c(nc3cc(F)c(N4CCC5(CCN(CCC(N)=O)CC5)CC4)cc31)NC2=O. The normalized spacial score (nSPS) is 20.0. The van der Waals surface area contributed by atoms with Crippen molar-refractivity contribution in [3.8, 4) is 17.0 Å². The maximum absolute atomic E-state index is 15.8. The molecule has 3 aliphatic heterocycles. The lowest BCUT2D eigenvalue weighted by atomic mass is 9.71. The first-order chi connectivity index (χ1) is 24.1. The van der Waals surface area contributed by atoms with E-state index < -0.39 is 11.9 Å². The Morgan fingerprint density at radius 1 is 1.06 bits per heavy atom. The highest BCUT2D eigenvalue weighted by Gasteiger charge is 2.38. The van der Waals surface area contributed by atoms with Crippen molar-refractivity contribution in [2.45, 2.75) is 65.3 Å². The zero-order valence-corrected chi connectivity index (χ0v) is 28.7. The van der Waals surface area contributed by atoms with E-state index in [1.54, 1.807) is 19.1 Å². The lowest BCUT2D eigenvalue weighted by molar-refractivity contribution is -0.118. The smallest absolute Gasteiger partial charge is 0.258 e. The lowest BCUT2D eigenvalue weighted by Crippen LogP contribution is -2.47. The number of halogens is 2. The van der Waals surface area contributed by atoms with Crippen LogP contribution in [0.2, 0.25) is 0 Å². The summed E-state index contributed by atoms with van der Waals surface area (Å²) >= 11 is 0. The summed E-state index contributed by atoms with van der Waals surface area (Å²) in [4.78, 5) is 42.6. The Kier molecular flexibility index (Phi) is 9.42. The number of aryl methyl sites for hydroxylation is 1. The van der Waals surface area contributed by atoms with E-state index in [1.165, 1.54) is 18.3 Å². The van der Waals surface area contributed by atoms with Gasteiger partial charge in [-0.05, 0) is 88.1 Å². The molecule has 1 spiro atoms. The van der Waals surface area contributed by atoms with E-state index in [2.05, 4.69) is 32.0 Å². The average Bonchev–Trinajstić information content (AvgIpc) is 3.40. The van der Waals surface area contributed by atoms with Crippen LogP contribution in [0.25, 0.3) is 22.3 Å². The number of aromatic nitrogens is 4. The Morgan fingerprint density at radius 3 is 2.58 bits per heavy atom. The van der Waals surface area contributed by atoms with Crippen molar-refractivity contribution in [1.29, 1.82) is 0 Å². The first kappa shape index (κ1) is 33.8. The summed E-state index contributed by atoms with van der Waals surface area (Å²) in [7, 11) is 0. The van der Waals surface area contributed by atoms with Crippen molar-refractivity contribution in [3.63, 3.8) is 0 Å². The Morgan fingerprint density at radius 2 is 1.82 bits per heavy atom. The monoisotopic (exact) mass is 686 g/mol. The quantitative estimate of drug-likeness (QED) is 0.262. The Balaban J connectivity index is 1.16. The second kappa shape index (κ2) is 13.9. The number of carbonyl (C=O) groups excluding carboxylic acids is 2. The molecule has 11 nitrogen and oxygen atoms in total. The highest BCUT2D eigenvalue weighted by atomic mass is 19.1. The van der Waals surface area contributed by atoms with Crippen LogP contribution >= 0.6 is 0 Å². The van der Waals surface area contributed by atoms with Crippen LogP contribution in [0.1, 0.15) is 67.9 Å². The molecule has 3 aromatic heterocycles. The molecule has 2 saturated heterocycles. The predicted octanol–water partition coefficient (Wildman–Crippen LogP) is 5.70. The molecule has 0 saturated carbocycles. The summed E-state index contributed by atoms with van der Waals surface area (Å²) in [6.45, 7) is 8.94. The van der Waals surface area contributed by atoms with E-state index in [0.717, 1.165) is 63.8 Å². The fourth-order valence-corrected chi connectivity index (χ4v) is 7.75. The van der Waals surface area contributed by atoms with E-state index in [9.17, 15) is 14.0 Å². The number of piperidine rings is 2. The number of primary amides is 1. The van der Waals surface area contributed by atoms with Gasteiger partial charge in [0, 0.05) is 62.2 Å². The van der Waals surface area contributed by atoms with Crippen molar-refractivity contribution < 1.29 is 23.1 Å². The second-order valence-electron chi connectivity index (χ2n) is 14.3. The number of benzene rings is 1. The van der Waals surface area contributed by atoms with Gasteiger partial charge in [0.2, 0.25) is 17.8 Å². The number of ether oxygens (including phenoxy) is 1. The van der Waals surface area contributed by atoms with E-state index in [0.29, 0.717) is 78.0 Å². The molecule has 7 rings (SSSR count). The fraction of sp³-hybridized carbons (Fsp3) is 0.486. The van der Waals surface area contributed by atoms with E-state index >= 15 is 4.39 Å². The van der Waals surface area contributed by atoms with Crippen LogP contribution in [0.4, 0.5) is 20.4 Å². The van der Waals surface area contributed by atoms with Crippen LogP contribution in [0.15, 0.2) is 36.5 Å². The van der Waals surface area contributed by atoms with Gasteiger partial charge < -0.3 is 24.8 Å². The molecule has 3 N–H and O–H groups in total. The minimum absolute atomic E-state index is 0.160. The van der Waals surface area contributed by atoms with Gasteiger partial charge in [-0.2, -0.15) is 4.39 Å². The number of likely N-dealkylation sites (tertiary alicyclic amines) is 1. The molecule has 0 unspecified atom stereocenters. The molecule has 4 aromatic rings. The third-order valence-corrected chi connectivity index (χ3v) is 10.7. The van der Waals surface area contributed by atoms with Gasteiger partial charge in [-0.25, -0.2) is 14.4 Å². The lowest BCUT2D eigenvalue weighted by Gasteiger charge is -2.47. The van der Waals surface area contributed by atoms with E-state index in [-0.39, 0.29) is 23.1 Å². The van der Waals surface area contributed by atoms with Crippen LogP contribution in [-0.4, -0.2) is 75.6 Å². The van der Waals surface area contributed by atoms with Crippen molar-refractivity contribution in [2.75, 3.05) is 49.5 Å². The highest BCUT2D eigenvalue weighted by molar-refractivity contribution is 6.05. The maximum atomic E-state index is 15.8. The molecule has 13 heteroatoms. The molecule has 50 heavy (non-hydrogen) atoms. The van der Waals surface area contributed by atoms with Crippen molar-refractivity contribution in [1.82, 2.24) is 24.4 Å². The van der Waals surface area contributed by atoms with E-state index in [1.807, 2.05) is 10.6 Å². The zero-order chi connectivity index (χ0) is 35.0. The number of anilines is 2. The van der Waals surface area contributed by atoms with Gasteiger partial charge in [-0.1, -0.05) is 6.92 Å². The van der Waals surface area contributed by atoms with Gasteiger partial charge >= 0.3 is 0 Å². The predicted molar refractivity (Wildman–Crippen MR) is 187 cm³/mol. The molecule has 2 amide bonds. The summed E-state index contributed by atoms with van der Waals surface area (Å²) in [5.41, 5.74) is 9.25. The number of nitrogens with two attached hydrogens (primary N) is 1. The number of rotatable bonds is 4. The number of pyridine rings is 2. The number of nitrogens with one attached hydrogen (secondary N) is 1. The number of amides is 2. The highest BCUT2D eigenvalue weighted by Crippen LogP contribution is 2.43. The third kappa shape index (κ3) is 7.14. The topological polar surface area (TPSA) is 132 Å². The van der Waals surface area contributed by atoms with Crippen molar-refractivity contribution >= 4 is 34.5 Å². The van der Waals surface area contributed by atoms with Crippen molar-refractivity contribution in [3.05, 3.63) is 59.6 Å². The van der Waals surface area contributed by atoms with Gasteiger partial charge in [-0.15, -0.1) is 0 Å². The van der Waals surface area contributed by atoms with Crippen LogP contribution in [-0.2, 0) is 11.3 Å². The maximum Gasteiger partial charge on any atom is 0.258 e. The number of nitrogens with zero attached hydrogens (tertiary/aromatic N) is 6. The summed E-state index contributed by atoms with van der Waals surface area (Å²) in [6, 6.07) is 7.92. The summed E-state index contributed by atoms with van der Waals surface area (Å²) < 4.78 is 38.0. The Bertz CT molecular complexity index is 1910. The van der Waals surface area contributed by atoms with Gasteiger partial charge in [0.05, 0.1) is 34.6 Å². The van der Waals surface area contributed by atoms with Crippen LogP contribution in [0, 0.1) is 30.0 Å². The molecule has 2 bridgehead atoms. The molecule has 1 aromatic carbocycles. The van der Waals surface area contributed by atoms with Crippen LogP contribution in [0.5, 0.6) is 5.75 Å². The standard InChI is InChI=1S/C37H44F2N8O3/c1-23-4-3-15-50-32-20-33(39)41-21-26(32)28-17-25(16-24(2)42-28)35(49)44-36-43-29-18-27(38)30(19-31(29)47(36)22-23)46-13-8-37(9-14-46)6-11-45(12-7-37)10-5-34(40)48/h16-21,23H,3-15,22H2,1-2H3,(H2,40,48)(H,43,44,49)/t23-/m1/s1. The molecular formula is C37H44F2N8O3. The molecule has 0 aliphatic carbocycles. The first-order valence-electron chi connectivity index (χ1n) is 17.6. The minimum atomic E-state index is -0.656. The van der Waals surface area contributed by atoms with Gasteiger partial charge in [-0.3, -0.25) is 19.9 Å². The third-order valence-electron chi connectivity index (χ3n) is 10.7. The number of carbonyl (C=O) groups is 2. The van der Waals surface area contributed by atoms with Gasteiger partial charge in [0.25, 0.3) is 5.91 Å². The van der Waals surface area contributed by atoms with Crippen LogP contribution < -0.4 is 20.7 Å². The number of hydrogen-bond donors (Lipinski definition) is 2. The first-order valence-corrected chi connectivity index (χ1v) is 17.6. The molecule has 0 radical (unpaired) electrons. The fourth-order valence-electron chi connectivity index (χ4n) is 7.75. The minimum Gasteiger partial charge on any atom is -0.493 e. The average molecular weight is 687 g/mol. The largest absolute Gasteiger partial charge is 0.493 e. The number of fused-ring (bicyclic) bond motifs is 7.